The molecule has 1 aliphatic rings. The van der Waals surface area contributed by atoms with E-state index in [2.05, 4.69) is 41.4 Å². The molecule has 1 saturated heterocycles. The highest BCUT2D eigenvalue weighted by Gasteiger charge is 2.25. The summed E-state index contributed by atoms with van der Waals surface area (Å²) < 4.78 is 6.93. The molecule has 3 heterocycles. The zero-order valence-electron chi connectivity index (χ0n) is 19.9. The van der Waals surface area contributed by atoms with Gasteiger partial charge in [0.15, 0.2) is 5.13 Å². The second-order valence-electron chi connectivity index (χ2n) is 9.38. The number of rotatable bonds is 7. The van der Waals surface area contributed by atoms with Crippen LogP contribution in [-0.2, 0) is 11.2 Å². The van der Waals surface area contributed by atoms with E-state index in [-0.39, 0.29) is 17.4 Å². The fourth-order valence-electron chi connectivity index (χ4n) is 3.71. The van der Waals surface area contributed by atoms with Crippen LogP contribution in [0.5, 0.6) is 0 Å². The zero-order valence-corrected chi connectivity index (χ0v) is 21.5. The van der Waals surface area contributed by atoms with Gasteiger partial charge in [0.2, 0.25) is 5.89 Å². The summed E-state index contributed by atoms with van der Waals surface area (Å²) in [4.78, 5) is 34.4. The van der Waals surface area contributed by atoms with E-state index in [1.165, 1.54) is 0 Å². The van der Waals surface area contributed by atoms with Crippen molar-refractivity contribution >= 4 is 45.9 Å². The van der Waals surface area contributed by atoms with Gasteiger partial charge in [-0.05, 0) is 37.1 Å². The number of carbonyl (C=O) groups is 2. The smallest absolute Gasteiger partial charge is 0.409 e. The van der Waals surface area contributed by atoms with E-state index in [9.17, 15) is 9.59 Å². The molecule has 2 amide bonds. The van der Waals surface area contributed by atoms with Gasteiger partial charge in [0.25, 0.3) is 5.91 Å². The molecule has 9 nitrogen and oxygen atoms in total. The number of hydrogen-bond donors (Lipinski definition) is 3. The minimum absolute atomic E-state index is 0.0608. The van der Waals surface area contributed by atoms with Crippen molar-refractivity contribution in [2.45, 2.75) is 55.0 Å². The number of piperidine rings is 1. The lowest BCUT2D eigenvalue weighted by Crippen LogP contribution is -2.45. The Hall–Kier alpha value is -3.05. The quantitative estimate of drug-likeness (QED) is 0.351. The summed E-state index contributed by atoms with van der Waals surface area (Å²) in [6.45, 7) is 7.57. The lowest BCUT2D eigenvalue weighted by molar-refractivity contribution is 0.0715. The number of amides is 2. The minimum Gasteiger partial charge on any atom is -0.465 e. The van der Waals surface area contributed by atoms with Gasteiger partial charge in [0, 0.05) is 35.8 Å². The topological polar surface area (TPSA) is 121 Å². The van der Waals surface area contributed by atoms with Gasteiger partial charge in [-0.25, -0.2) is 14.8 Å². The number of hydrogen-bond acceptors (Lipinski definition) is 8. The Bertz CT molecular complexity index is 1170. The molecule has 1 aliphatic heterocycles. The molecule has 11 heteroatoms. The second kappa shape index (κ2) is 10.7. The molecular formula is C24H29N5O4S2. The first kappa shape index (κ1) is 25.1. The summed E-state index contributed by atoms with van der Waals surface area (Å²) in [7, 11) is 0. The van der Waals surface area contributed by atoms with Crippen molar-refractivity contribution in [3.05, 3.63) is 53.9 Å². The van der Waals surface area contributed by atoms with Crippen molar-refractivity contribution < 1.29 is 19.1 Å². The summed E-state index contributed by atoms with van der Waals surface area (Å²) >= 11 is 3.22. The standard InChI is InChI=1S/C24H29N5O4S2/c1-24(2,3)18-11-25-19(33-18)14-34-20-12-26-22(35-20)27-17-5-4-10-29(13-17)21(30)15-6-8-16(9-7-15)28-23(31)32/h6-9,11-12,17,28H,4-5,10,13-14H2,1-3H3,(H,26,27)(H,31,32). The Kier molecular flexibility index (Phi) is 7.66. The van der Waals surface area contributed by atoms with Crippen molar-refractivity contribution in [1.82, 2.24) is 14.9 Å². The summed E-state index contributed by atoms with van der Waals surface area (Å²) in [5, 5.41) is 15.4. The molecule has 0 radical (unpaired) electrons. The summed E-state index contributed by atoms with van der Waals surface area (Å²) in [6, 6.07) is 6.60. The number of thiazole rings is 1. The third-order valence-corrected chi connectivity index (χ3v) is 7.64. The number of thioether (sulfide) groups is 1. The maximum absolute atomic E-state index is 12.9. The molecule has 1 atom stereocenters. The first-order chi connectivity index (χ1) is 16.7. The predicted octanol–water partition coefficient (Wildman–Crippen LogP) is 5.53. The first-order valence-electron chi connectivity index (χ1n) is 11.4. The lowest BCUT2D eigenvalue weighted by atomic mass is 9.94. The average Bonchev–Trinajstić information content (AvgIpc) is 3.47. The van der Waals surface area contributed by atoms with Crippen LogP contribution in [0.25, 0.3) is 0 Å². The fraction of sp³-hybridized carbons (Fsp3) is 0.417. The molecule has 1 aromatic carbocycles. The van der Waals surface area contributed by atoms with Crippen LogP contribution in [0.4, 0.5) is 15.6 Å². The van der Waals surface area contributed by atoms with Crippen LogP contribution in [0, 0.1) is 0 Å². The largest absolute Gasteiger partial charge is 0.465 e. The number of carboxylic acid groups (broad SMARTS) is 1. The molecule has 0 aliphatic carbocycles. The highest BCUT2D eigenvalue weighted by molar-refractivity contribution is 8.00. The monoisotopic (exact) mass is 515 g/mol. The van der Waals surface area contributed by atoms with Crippen LogP contribution in [0.15, 0.2) is 45.3 Å². The van der Waals surface area contributed by atoms with Gasteiger partial charge in [0.1, 0.15) is 5.76 Å². The van der Waals surface area contributed by atoms with Crippen molar-refractivity contribution in [2.24, 2.45) is 0 Å². The molecule has 3 N–H and O–H groups in total. The summed E-state index contributed by atoms with van der Waals surface area (Å²) in [6.07, 6.45) is 4.37. The Morgan fingerprint density at radius 2 is 2.00 bits per heavy atom. The van der Waals surface area contributed by atoms with Gasteiger partial charge in [0.05, 0.1) is 22.4 Å². The molecule has 4 rings (SSSR count). The SMILES string of the molecule is CC(C)(C)c1cnc(CSc2cnc(NC3CCCN(C(=O)c4ccc(NC(=O)O)cc4)C3)s2)o1. The number of nitrogens with one attached hydrogen (secondary N) is 2. The molecular weight excluding hydrogens is 486 g/mol. The van der Waals surface area contributed by atoms with E-state index in [4.69, 9.17) is 9.52 Å². The zero-order chi connectivity index (χ0) is 25.0. The normalized spacial score (nSPS) is 16.2. The van der Waals surface area contributed by atoms with E-state index in [1.807, 2.05) is 11.1 Å². The Balaban J connectivity index is 1.29. The maximum Gasteiger partial charge on any atom is 0.409 e. The number of carbonyl (C=O) groups excluding carboxylic acids is 1. The lowest BCUT2D eigenvalue weighted by Gasteiger charge is -2.33. The summed E-state index contributed by atoms with van der Waals surface area (Å²) in [5.74, 6) is 2.17. The highest BCUT2D eigenvalue weighted by Crippen LogP contribution is 2.32. The number of aromatic nitrogens is 2. The van der Waals surface area contributed by atoms with Gasteiger partial charge in [-0.3, -0.25) is 10.1 Å². The van der Waals surface area contributed by atoms with Crippen LogP contribution >= 0.6 is 23.1 Å². The number of anilines is 2. The molecule has 1 unspecified atom stereocenters. The molecule has 35 heavy (non-hydrogen) atoms. The van der Waals surface area contributed by atoms with Gasteiger partial charge >= 0.3 is 6.09 Å². The Labute approximate surface area is 212 Å². The summed E-state index contributed by atoms with van der Waals surface area (Å²) in [5.41, 5.74) is 0.908. The highest BCUT2D eigenvalue weighted by atomic mass is 32.2. The Morgan fingerprint density at radius 1 is 1.23 bits per heavy atom. The van der Waals surface area contributed by atoms with Crippen LogP contribution in [-0.4, -0.2) is 51.1 Å². The van der Waals surface area contributed by atoms with Crippen LogP contribution in [0.1, 0.15) is 55.6 Å². The molecule has 0 bridgehead atoms. The number of oxazole rings is 1. The molecule has 186 valence electrons. The first-order valence-corrected chi connectivity index (χ1v) is 13.2. The van der Waals surface area contributed by atoms with E-state index in [0.717, 1.165) is 27.9 Å². The fourth-order valence-corrected chi connectivity index (χ4v) is 5.51. The van der Waals surface area contributed by atoms with Crippen LogP contribution < -0.4 is 10.6 Å². The van der Waals surface area contributed by atoms with Gasteiger partial charge in [-0.2, -0.15) is 0 Å². The number of likely N-dealkylation sites (tertiary alicyclic amines) is 1. The van der Waals surface area contributed by atoms with Gasteiger partial charge in [-0.1, -0.05) is 32.1 Å². The van der Waals surface area contributed by atoms with E-state index < -0.39 is 6.09 Å². The second-order valence-corrected chi connectivity index (χ2v) is 11.7. The van der Waals surface area contributed by atoms with Crippen LogP contribution in [0.2, 0.25) is 0 Å². The van der Waals surface area contributed by atoms with Crippen molar-refractivity contribution in [2.75, 3.05) is 23.7 Å². The van der Waals surface area contributed by atoms with Crippen molar-refractivity contribution in [3.63, 3.8) is 0 Å². The molecule has 3 aromatic rings. The van der Waals surface area contributed by atoms with E-state index in [1.54, 1.807) is 53.6 Å². The third kappa shape index (κ3) is 6.76. The maximum atomic E-state index is 12.9. The molecule has 2 aromatic heterocycles. The minimum atomic E-state index is -1.13. The van der Waals surface area contributed by atoms with E-state index >= 15 is 0 Å². The van der Waals surface area contributed by atoms with E-state index in [0.29, 0.717) is 36.0 Å². The van der Waals surface area contributed by atoms with Crippen molar-refractivity contribution in [3.8, 4) is 0 Å². The third-order valence-electron chi connectivity index (χ3n) is 5.53. The average molecular weight is 516 g/mol. The van der Waals surface area contributed by atoms with Crippen LogP contribution in [0.3, 0.4) is 0 Å². The van der Waals surface area contributed by atoms with Gasteiger partial charge in [-0.15, -0.1) is 11.8 Å². The van der Waals surface area contributed by atoms with Gasteiger partial charge < -0.3 is 19.7 Å². The molecule has 0 saturated carbocycles. The number of benzene rings is 1. The molecule has 1 fully saturated rings. The Morgan fingerprint density at radius 3 is 2.69 bits per heavy atom. The number of nitrogens with zero attached hydrogens (tertiary/aromatic N) is 3. The predicted molar refractivity (Wildman–Crippen MR) is 138 cm³/mol. The van der Waals surface area contributed by atoms with Crippen molar-refractivity contribution in [1.29, 1.82) is 0 Å². The molecule has 0 spiro atoms.